The summed E-state index contributed by atoms with van der Waals surface area (Å²) in [6.07, 6.45) is 3.77. The van der Waals surface area contributed by atoms with Crippen LogP contribution in [0.25, 0.3) is 0 Å². The number of hydrogen-bond acceptors (Lipinski definition) is 5. The third kappa shape index (κ3) is 3.91. The topological polar surface area (TPSA) is 61.8 Å². The number of methoxy groups -OCH3 is 1. The van der Waals surface area contributed by atoms with Crippen molar-refractivity contribution in [2.45, 2.75) is 70.6 Å². The van der Waals surface area contributed by atoms with Crippen molar-refractivity contribution in [3.8, 4) is 0 Å². The van der Waals surface area contributed by atoms with Crippen LogP contribution in [0.2, 0.25) is 5.04 Å². The average Bonchev–Trinajstić information content (AvgIpc) is 2.89. The molecule has 2 aromatic rings. The molecule has 0 aromatic heterocycles. The van der Waals surface area contributed by atoms with Crippen LogP contribution in [0.5, 0.6) is 0 Å². The molecular weight excluding hydrogens is 480 g/mol. The lowest BCUT2D eigenvalue weighted by Crippen LogP contribution is -2.71. The van der Waals surface area contributed by atoms with Crippen LogP contribution in [-0.4, -0.2) is 39.6 Å². The van der Waals surface area contributed by atoms with E-state index in [4.69, 9.17) is 13.9 Å². The van der Waals surface area contributed by atoms with Gasteiger partial charge in [-0.15, -0.1) is 0 Å². The summed E-state index contributed by atoms with van der Waals surface area (Å²) < 4.78 is 19.0. The summed E-state index contributed by atoms with van der Waals surface area (Å²) in [5, 5.41) is 2.26. The summed E-state index contributed by atoms with van der Waals surface area (Å²) in [6, 6.07) is 21.2. The number of allylic oxidation sites excluding steroid dienone is 2. The molecule has 2 aromatic carbocycles. The second kappa shape index (κ2) is 9.55. The molecule has 0 spiro atoms. The Kier molecular flexibility index (Phi) is 6.69. The van der Waals surface area contributed by atoms with Crippen molar-refractivity contribution in [1.82, 2.24) is 0 Å². The lowest BCUT2D eigenvalue weighted by atomic mass is 9.51. The largest absolute Gasteiger partial charge is 0.468 e. The Morgan fingerprint density at radius 2 is 1.59 bits per heavy atom. The molecule has 2 fully saturated rings. The molecule has 1 aliphatic heterocycles. The van der Waals surface area contributed by atoms with Crippen molar-refractivity contribution >= 4 is 30.6 Å². The summed E-state index contributed by atoms with van der Waals surface area (Å²) in [6.45, 7) is 8.86. The molecule has 3 aliphatic rings. The van der Waals surface area contributed by atoms with E-state index in [-0.39, 0.29) is 41.3 Å². The summed E-state index contributed by atoms with van der Waals surface area (Å²) >= 11 is 0. The molecular formula is C31H38O5Si. The van der Waals surface area contributed by atoms with E-state index in [1.165, 1.54) is 17.5 Å². The van der Waals surface area contributed by atoms with Crippen LogP contribution < -0.4 is 10.4 Å². The molecule has 1 saturated heterocycles. The highest BCUT2D eigenvalue weighted by Gasteiger charge is 2.67. The number of esters is 2. The monoisotopic (exact) mass is 518 g/mol. The zero-order chi connectivity index (χ0) is 26.4. The van der Waals surface area contributed by atoms with Crippen molar-refractivity contribution < 1.29 is 23.5 Å². The minimum Gasteiger partial charge on any atom is -0.468 e. The lowest BCUT2D eigenvalue weighted by Gasteiger charge is -2.58. The predicted octanol–water partition coefficient (Wildman–Crippen LogP) is 4.78. The molecule has 5 nitrogen and oxygen atoms in total. The van der Waals surface area contributed by atoms with Gasteiger partial charge >= 0.3 is 11.9 Å². The van der Waals surface area contributed by atoms with Crippen molar-refractivity contribution in [3.63, 3.8) is 0 Å². The van der Waals surface area contributed by atoms with Crippen molar-refractivity contribution in [2.24, 2.45) is 17.3 Å². The maximum Gasteiger partial charge on any atom is 0.316 e. The molecule has 37 heavy (non-hydrogen) atoms. The Hall–Kier alpha value is -2.70. The highest BCUT2D eigenvalue weighted by atomic mass is 28.4. The molecule has 0 N–H and O–H groups in total. The Morgan fingerprint density at radius 1 is 1.00 bits per heavy atom. The molecule has 0 radical (unpaired) electrons. The van der Waals surface area contributed by atoms with E-state index >= 15 is 0 Å². The van der Waals surface area contributed by atoms with E-state index < -0.39 is 19.8 Å². The van der Waals surface area contributed by atoms with Crippen molar-refractivity contribution in [3.05, 3.63) is 72.3 Å². The number of carbonyl (C=O) groups is 2. The van der Waals surface area contributed by atoms with Crippen LogP contribution in [0.1, 0.15) is 53.4 Å². The first-order valence-corrected chi connectivity index (χ1v) is 15.3. The Morgan fingerprint density at radius 3 is 2.14 bits per heavy atom. The summed E-state index contributed by atoms with van der Waals surface area (Å²) in [7, 11) is -1.39. The van der Waals surface area contributed by atoms with Gasteiger partial charge in [0.25, 0.3) is 8.32 Å². The molecule has 1 heterocycles. The highest BCUT2D eigenvalue weighted by Crippen LogP contribution is 2.59. The van der Waals surface area contributed by atoms with Crippen LogP contribution in [0.3, 0.4) is 0 Å². The molecule has 1 saturated carbocycles. The third-order valence-corrected chi connectivity index (χ3v) is 14.1. The molecule has 0 amide bonds. The van der Waals surface area contributed by atoms with Crippen LogP contribution >= 0.6 is 0 Å². The third-order valence-electron chi connectivity index (χ3n) is 9.06. The molecule has 5 rings (SSSR count). The van der Waals surface area contributed by atoms with Gasteiger partial charge in [-0.25, -0.2) is 0 Å². The quantitative estimate of drug-likeness (QED) is 0.324. The van der Waals surface area contributed by atoms with E-state index in [1.54, 1.807) is 0 Å². The normalized spacial score (nSPS) is 29.5. The van der Waals surface area contributed by atoms with Crippen molar-refractivity contribution in [2.75, 3.05) is 7.11 Å². The minimum atomic E-state index is -2.84. The highest BCUT2D eigenvalue weighted by molar-refractivity contribution is 6.99. The van der Waals surface area contributed by atoms with Gasteiger partial charge in [0.2, 0.25) is 0 Å². The van der Waals surface area contributed by atoms with Gasteiger partial charge in [-0.2, -0.15) is 0 Å². The zero-order valence-electron chi connectivity index (χ0n) is 22.5. The van der Waals surface area contributed by atoms with Crippen LogP contribution in [0.4, 0.5) is 0 Å². The molecule has 6 heteroatoms. The predicted molar refractivity (Wildman–Crippen MR) is 146 cm³/mol. The SMILES string of the molecule is COC(=O)[C@@]12[C@H]3CC[C@H](O[Si](c4ccccc4)(c4ccccc4)C(C)(C)C)[C@@H]1CC=C(C)[C@@H]2CC(=O)O3. The fourth-order valence-corrected chi connectivity index (χ4v) is 12.2. The number of benzene rings is 2. The maximum atomic E-state index is 13.8. The number of carbonyl (C=O) groups excluding carboxylic acids is 2. The number of ether oxygens (including phenoxy) is 2. The van der Waals surface area contributed by atoms with Crippen LogP contribution in [-0.2, 0) is 23.5 Å². The second-order valence-corrected chi connectivity index (χ2v) is 16.1. The molecule has 196 valence electrons. The van der Waals surface area contributed by atoms with Gasteiger partial charge in [0.1, 0.15) is 11.5 Å². The molecule has 0 bridgehead atoms. The number of rotatable bonds is 5. The van der Waals surface area contributed by atoms with Crippen LogP contribution in [0, 0.1) is 17.3 Å². The van der Waals surface area contributed by atoms with E-state index in [0.29, 0.717) is 12.8 Å². The first-order valence-electron chi connectivity index (χ1n) is 13.4. The molecule has 2 aliphatic carbocycles. The van der Waals surface area contributed by atoms with E-state index in [0.717, 1.165) is 12.0 Å². The van der Waals surface area contributed by atoms with Gasteiger partial charge in [0.15, 0.2) is 0 Å². The summed E-state index contributed by atoms with van der Waals surface area (Å²) in [5.41, 5.74) is 0.157. The van der Waals surface area contributed by atoms with Gasteiger partial charge in [-0.1, -0.05) is 93.1 Å². The van der Waals surface area contributed by atoms with Crippen molar-refractivity contribution in [1.29, 1.82) is 0 Å². The fourth-order valence-electron chi connectivity index (χ4n) is 7.48. The van der Waals surface area contributed by atoms with E-state index in [2.05, 4.69) is 75.4 Å². The smallest absolute Gasteiger partial charge is 0.316 e. The molecule has 0 unspecified atom stereocenters. The average molecular weight is 519 g/mol. The Bertz CT molecular complexity index is 1150. The van der Waals surface area contributed by atoms with Gasteiger partial charge in [0.05, 0.1) is 19.6 Å². The van der Waals surface area contributed by atoms with Crippen LogP contribution in [0.15, 0.2) is 72.3 Å². The van der Waals surface area contributed by atoms with Gasteiger partial charge in [0, 0.05) is 11.8 Å². The lowest BCUT2D eigenvalue weighted by molar-refractivity contribution is -0.214. The maximum absolute atomic E-state index is 13.8. The Labute approximate surface area is 221 Å². The van der Waals surface area contributed by atoms with Gasteiger partial charge < -0.3 is 13.9 Å². The Balaban J connectivity index is 1.68. The fraction of sp³-hybridized carbons (Fsp3) is 0.484. The van der Waals surface area contributed by atoms with E-state index in [1.807, 2.05) is 19.1 Å². The first kappa shape index (κ1) is 25.9. The van der Waals surface area contributed by atoms with Gasteiger partial charge in [-0.3, -0.25) is 9.59 Å². The minimum absolute atomic E-state index is 0.137. The summed E-state index contributed by atoms with van der Waals surface area (Å²) in [4.78, 5) is 26.4. The van der Waals surface area contributed by atoms with E-state index in [9.17, 15) is 9.59 Å². The standard InChI is InChI=1S/C31H38O5Si/c1-21-16-17-24-26(18-19-27-31(24,29(33)34-5)25(21)20-28(32)35-27)36-37(30(2,3)4,22-12-8-6-9-13-22)23-14-10-7-11-15-23/h6-16,24-27H,17-20H2,1-5H3/t24-,25-,26-,27+,31-/m0/s1. The van der Waals surface area contributed by atoms with Gasteiger partial charge in [-0.05, 0) is 41.6 Å². The first-order chi connectivity index (χ1) is 17.7. The number of hydrogen-bond donors (Lipinski definition) is 0. The second-order valence-electron chi connectivity index (χ2n) is 11.8. The zero-order valence-corrected chi connectivity index (χ0v) is 23.5. The molecule has 5 atom stereocenters. The summed E-state index contributed by atoms with van der Waals surface area (Å²) in [5.74, 6) is -0.866.